The first-order valence-electron chi connectivity index (χ1n) is 8.40. The molecule has 1 N–H and O–H groups in total. The van der Waals surface area contributed by atoms with Gasteiger partial charge in [-0.3, -0.25) is 0 Å². The Hall–Kier alpha value is -2.05. The lowest BCUT2D eigenvalue weighted by Crippen LogP contribution is -2.36. The van der Waals surface area contributed by atoms with E-state index in [1.807, 2.05) is 52.0 Å². The van der Waals surface area contributed by atoms with Crippen LogP contribution < -0.4 is 14.2 Å². The normalized spacial score (nSPS) is 12.1. The second-order valence-corrected chi connectivity index (χ2v) is 8.76. The van der Waals surface area contributed by atoms with Gasteiger partial charge < -0.3 is 9.47 Å². The molecule has 142 valence electrons. The van der Waals surface area contributed by atoms with Crippen LogP contribution in [0.25, 0.3) is 0 Å². The number of hydrogen-bond donors (Lipinski definition) is 1. The molecule has 0 heterocycles. The van der Waals surface area contributed by atoms with Crippen LogP contribution in [0, 0.1) is 13.8 Å². The summed E-state index contributed by atoms with van der Waals surface area (Å²) in [6, 6.07) is 11.0. The van der Waals surface area contributed by atoms with Crippen molar-refractivity contribution in [2.24, 2.45) is 0 Å². The van der Waals surface area contributed by atoms with E-state index in [1.165, 1.54) is 7.11 Å². The van der Waals surface area contributed by atoms with E-state index in [1.54, 1.807) is 19.2 Å². The van der Waals surface area contributed by atoms with Crippen molar-refractivity contribution in [2.75, 3.05) is 20.8 Å². The zero-order valence-electron chi connectivity index (χ0n) is 16.2. The van der Waals surface area contributed by atoms with Crippen LogP contribution in [0.5, 0.6) is 11.5 Å². The molecule has 0 aliphatic rings. The number of aryl methyl sites for hydroxylation is 2. The van der Waals surface area contributed by atoms with Crippen molar-refractivity contribution in [1.82, 2.24) is 4.72 Å². The van der Waals surface area contributed by atoms with Crippen molar-refractivity contribution in [1.29, 1.82) is 0 Å². The first-order valence-corrected chi connectivity index (χ1v) is 9.88. The van der Waals surface area contributed by atoms with Gasteiger partial charge in [-0.25, -0.2) is 13.1 Å². The maximum Gasteiger partial charge on any atom is 0.244 e. The van der Waals surface area contributed by atoms with Crippen LogP contribution in [0.1, 0.15) is 30.5 Å². The molecule has 0 radical (unpaired) electrons. The Labute approximate surface area is 156 Å². The Morgan fingerprint density at radius 3 is 2.08 bits per heavy atom. The third kappa shape index (κ3) is 4.37. The lowest BCUT2D eigenvalue weighted by molar-refractivity contribution is 0.401. The number of sulfonamides is 1. The van der Waals surface area contributed by atoms with Crippen molar-refractivity contribution in [2.45, 2.75) is 38.0 Å². The van der Waals surface area contributed by atoms with Gasteiger partial charge >= 0.3 is 0 Å². The Morgan fingerprint density at radius 2 is 1.54 bits per heavy atom. The van der Waals surface area contributed by atoms with Crippen LogP contribution in [-0.2, 0) is 15.4 Å². The van der Waals surface area contributed by atoms with Crippen molar-refractivity contribution in [3.05, 3.63) is 53.1 Å². The average Bonchev–Trinajstić information content (AvgIpc) is 2.62. The fraction of sp³-hybridized carbons (Fsp3) is 0.400. The molecule has 5 nitrogen and oxygen atoms in total. The lowest BCUT2D eigenvalue weighted by Gasteiger charge is -2.26. The maximum atomic E-state index is 12.8. The van der Waals surface area contributed by atoms with E-state index in [9.17, 15) is 8.42 Å². The summed E-state index contributed by atoms with van der Waals surface area (Å²) in [7, 11) is -0.603. The van der Waals surface area contributed by atoms with E-state index >= 15 is 0 Å². The van der Waals surface area contributed by atoms with E-state index in [0.29, 0.717) is 5.75 Å². The van der Waals surface area contributed by atoms with Gasteiger partial charge in [0.1, 0.15) is 16.4 Å². The molecular weight excluding hydrogens is 350 g/mol. The molecule has 26 heavy (non-hydrogen) atoms. The van der Waals surface area contributed by atoms with E-state index in [4.69, 9.17) is 9.47 Å². The Balaban J connectivity index is 2.25. The minimum Gasteiger partial charge on any atom is -0.497 e. The zero-order valence-corrected chi connectivity index (χ0v) is 17.0. The predicted octanol–water partition coefficient (Wildman–Crippen LogP) is 3.58. The van der Waals surface area contributed by atoms with Crippen LogP contribution in [0.4, 0.5) is 0 Å². The fourth-order valence-corrected chi connectivity index (χ4v) is 4.08. The summed E-state index contributed by atoms with van der Waals surface area (Å²) in [6.45, 7) is 8.06. The van der Waals surface area contributed by atoms with Gasteiger partial charge in [-0.1, -0.05) is 26.0 Å². The van der Waals surface area contributed by atoms with E-state index in [-0.39, 0.29) is 16.9 Å². The van der Waals surface area contributed by atoms with Crippen LogP contribution in [0.3, 0.4) is 0 Å². The summed E-state index contributed by atoms with van der Waals surface area (Å²) >= 11 is 0. The van der Waals surface area contributed by atoms with Crippen molar-refractivity contribution in [3.63, 3.8) is 0 Å². The van der Waals surface area contributed by atoms with E-state index < -0.39 is 10.0 Å². The van der Waals surface area contributed by atoms with Gasteiger partial charge in [-0.2, -0.15) is 0 Å². The molecule has 6 heteroatoms. The van der Waals surface area contributed by atoms with Gasteiger partial charge in [0.25, 0.3) is 0 Å². The van der Waals surface area contributed by atoms with Crippen LogP contribution in [0.15, 0.2) is 41.3 Å². The van der Waals surface area contributed by atoms with E-state index in [0.717, 1.165) is 22.4 Å². The van der Waals surface area contributed by atoms with Crippen LogP contribution >= 0.6 is 0 Å². The molecule has 2 rings (SSSR count). The molecule has 0 saturated heterocycles. The standard InChI is InChI=1S/C20H27NO4S/c1-14-11-18(25-6)19(12-15(14)2)26(22,23)21-13-20(3,4)16-7-9-17(24-5)10-8-16/h7-12,21H,13H2,1-6H3. The van der Waals surface area contributed by atoms with Gasteiger partial charge in [0.05, 0.1) is 14.2 Å². The first kappa shape index (κ1) is 20.3. The van der Waals surface area contributed by atoms with E-state index in [2.05, 4.69) is 4.72 Å². The molecule has 0 fully saturated rings. The van der Waals surface area contributed by atoms with Gasteiger partial charge in [0.2, 0.25) is 10.0 Å². The van der Waals surface area contributed by atoms with Crippen molar-refractivity contribution in [3.8, 4) is 11.5 Å². The van der Waals surface area contributed by atoms with Gasteiger partial charge in [0, 0.05) is 12.0 Å². The largest absolute Gasteiger partial charge is 0.497 e. The third-order valence-corrected chi connectivity index (χ3v) is 6.07. The summed E-state index contributed by atoms with van der Waals surface area (Å²) in [5.41, 5.74) is 2.53. The van der Waals surface area contributed by atoms with Crippen molar-refractivity contribution < 1.29 is 17.9 Å². The number of rotatable bonds is 7. The fourth-order valence-electron chi connectivity index (χ4n) is 2.63. The topological polar surface area (TPSA) is 64.6 Å². The molecule has 0 amide bonds. The molecule has 0 aromatic heterocycles. The first-order chi connectivity index (χ1) is 12.1. The molecule has 0 saturated carbocycles. The number of methoxy groups -OCH3 is 2. The molecule has 2 aromatic carbocycles. The predicted molar refractivity (Wildman–Crippen MR) is 104 cm³/mol. The van der Waals surface area contributed by atoms with Crippen LogP contribution in [-0.4, -0.2) is 29.2 Å². The Kier molecular flexibility index (Phi) is 5.98. The molecule has 0 atom stereocenters. The zero-order chi connectivity index (χ0) is 19.5. The van der Waals surface area contributed by atoms with Crippen molar-refractivity contribution >= 4 is 10.0 Å². The second kappa shape index (κ2) is 7.68. The number of hydrogen-bond acceptors (Lipinski definition) is 4. The maximum absolute atomic E-state index is 12.8. The highest BCUT2D eigenvalue weighted by atomic mass is 32.2. The summed E-state index contributed by atoms with van der Waals surface area (Å²) in [6.07, 6.45) is 0. The average molecular weight is 378 g/mol. The minimum absolute atomic E-state index is 0.161. The van der Waals surface area contributed by atoms with Gasteiger partial charge in [0.15, 0.2) is 0 Å². The van der Waals surface area contributed by atoms with Crippen LogP contribution in [0.2, 0.25) is 0 Å². The van der Waals surface area contributed by atoms with Gasteiger partial charge in [-0.05, 0) is 54.8 Å². The molecule has 0 aliphatic carbocycles. The molecule has 0 bridgehead atoms. The SMILES string of the molecule is COc1ccc(C(C)(C)CNS(=O)(=O)c2cc(C)c(C)cc2OC)cc1. The molecule has 0 spiro atoms. The molecule has 0 aliphatic heterocycles. The summed E-state index contributed by atoms with van der Waals surface area (Å²) in [5.74, 6) is 1.12. The molecule has 2 aromatic rings. The number of nitrogens with one attached hydrogen (secondary N) is 1. The lowest BCUT2D eigenvalue weighted by atomic mass is 9.85. The number of benzene rings is 2. The summed E-state index contributed by atoms with van der Waals surface area (Å²) in [5, 5.41) is 0. The second-order valence-electron chi connectivity index (χ2n) is 7.02. The minimum atomic E-state index is -3.70. The smallest absolute Gasteiger partial charge is 0.244 e. The monoisotopic (exact) mass is 377 g/mol. The molecule has 0 unspecified atom stereocenters. The Morgan fingerprint density at radius 1 is 0.962 bits per heavy atom. The molecular formula is C20H27NO4S. The quantitative estimate of drug-likeness (QED) is 0.801. The Bertz CT molecular complexity index is 871. The van der Waals surface area contributed by atoms with Gasteiger partial charge in [-0.15, -0.1) is 0 Å². The summed E-state index contributed by atoms with van der Waals surface area (Å²) < 4.78 is 38.9. The number of ether oxygens (including phenoxy) is 2. The third-order valence-electron chi connectivity index (χ3n) is 4.65. The highest BCUT2D eigenvalue weighted by molar-refractivity contribution is 7.89. The highest BCUT2D eigenvalue weighted by Gasteiger charge is 2.26. The highest BCUT2D eigenvalue weighted by Crippen LogP contribution is 2.29. The summed E-state index contributed by atoms with van der Waals surface area (Å²) in [4.78, 5) is 0.161.